The number of nitrogens with zero attached hydrogens (tertiary/aromatic N) is 7. The van der Waals surface area contributed by atoms with Gasteiger partial charge in [0.25, 0.3) is 6.43 Å². The lowest BCUT2D eigenvalue weighted by Crippen LogP contribution is -2.42. The number of hydrogen-bond donors (Lipinski definition) is 2. The number of likely N-dealkylation sites (tertiary alicyclic amines) is 1. The zero-order chi connectivity index (χ0) is 41.4. The molecule has 2 aromatic carbocycles. The molecule has 0 bridgehead atoms. The van der Waals surface area contributed by atoms with Crippen LogP contribution in [0.3, 0.4) is 0 Å². The summed E-state index contributed by atoms with van der Waals surface area (Å²) < 4.78 is 93.3. The van der Waals surface area contributed by atoms with E-state index in [0.717, 1.165) is 61.6 Å². The number of halogens is 4. The monoisotopic (exact) mass is 833 g/mol. The molecule has 2 fully saturated rings. The molecular weight excluding hydrogens is 787 g/mol. The number of aryl methyl sites for hydroxylation is 1. The Morgan fingerprint density at radius 3 is 2.40 bits per heavy atom. The standard InChI is InChI=1S/C38H47F4N9O6S/c1-48-32-21-26(3-5-30(32)36(47-48)50(12-2-19-52)15-11-34(43)53)25-7-13-49(14-8-25)18-20-56-33-22-29(4-6-31(33)35(39)40)58(54,55)51-16-9-27(10-17-51)46-38-44-23-28(24-45-38)57-37(41)42/h3-6,19,21-25,27,35,37H,2,7-18,20H2,1H3,(H2,43,53)(H,44,45,46). The van der Waals surface area contributed by atoms with Gasteiger partial charge in [0.1, 0.15) is 18.6 Å². The van der Waals surface area contributed by atoms with Crippen molar-refractivity contribution in [3.63, 3.8) is 0 Å². The van der Waals surface area contributed by atoms with Gasteiger partial charge in [-0.2, -0.15) is 18.2 Å². The Morgan fingerprint density at radius 1 is 1.02 bits per heavy atom. The molecule has 0 aliphatic carbocycles. The highest BCUT2D eigenvalue weighted by Gasteiger charge is 2.31. The Labute approximate surface area is 333 Å². The summed E-state index contributed by atoms with van der Waals surface area (Å²) in [5, 5.41) is 8.69. The maximum Gasteiger partial charge on any atom is 0.387 e. The summed E-state index contributed by atoms with van der Waals surface area (Å²) in [4.78, 5) is 34.4. The van der Waals surface area contributed by atoms with Crippen molar-refractivity contribution in [2.24, 2.45) is 12.8 Å². The molecule has 2 aliphatic rings. The smallest absolute Gasteiger partial charge is 0.387 e. The normalized spacial score (nSPS) is 16.3. The van der Waals surface area contributed by atoms with Gasteiger partial charge in [-0.3, -0.25) is 14.4 Å². The Morgan fingerprint density at radius 2 is 1.74 bits per heavy atom. The van der Waals surface area contributed by atoms with E-state index in [9.17, 15) is 35.6 Å². The van der Waals surface area contributed by atoms with Crippen LogP contribution in [0.4, 0.5) is 29.3 Å². The fraction of sp³-hybridized carbons (Fsp3) is 0.500. The summed E-state index contributed by atoms with van der Waals surface area (Å²) in [6.07, 6.45) is 3.14. The lowest BCUT2D eigenvalue weighted by molar-refractivity contribution is -0.117. The van der Waals surface area contributed by atoms with Crippen LogP contribution in [-0.4, -0.2) is 115 Å². The van der Waals surface area contributed by atoms with Crippen LogP contribution in [0.5, 0.6) is 11.5 Å². The van der Waals surface area contributed by atoms with Crippen LogP contribution in [0.25, 0.3) is 10.9 Å². The lowest BCUT2D eigenvalue weighted by atomic mass is 9.89. The Hall–Kier alpha value is -5.08. The van der Waals surface area contributed by atoms with Crippen LogP contribution in [0, 0.1) is 0 Å². The molecule has 4 heterocycles. The Balaban J connectivity index is 1.02. The summed E-state index contributed by atoms with van der Waals surface area (Å²) in [6, 6.07) is 9.49. The Kier molecular flexibility index (Phi) is 14.0. The van der Waals surface area contributed by atoms with E-state index in [1.807, 2.05) is 18.0 Å². The van der Waals surface area contributed by atoms with Crippen LogP contribution in [0.15, 0.2) is 53.7 Å². The minimum Gasteiger partial charge on any atom is -0.492 e. The predicted octanol–water partition coefficient (Wildman–Crippen LogP) is 4.70. The van der Waals surface area contributed by atoms with Gasteiger partial charge in [-0.15, -0.1) is 0 Å². The van der Waals surface area contributed by atoms with E-state index in [-0.39, 0.29) is 66.0 Å². The predicted molar refractivity (Wildman–Crippen MR) is 207 cm³/mol. The summed E-state index contributed by atoms with van der Waals surface area (Å²) in [6.45, 7) is 0.114. The average molecular weight is 834 g/mol. The van der Waals surface area contributed by atoms with Crippen molar-refractivity contribution < 1.29 is 45.0 Å². The molecule has 2 aromatic heterocycles. The van der Waals surface area contributed by atoms with Gasteiger partial charge < -0.3 is 30.2 Å². The minimum atomic E-state index is -4.03. The molecule has 0 saturated carbocycles. The number of piperidine rings is 2. The first kappa shape index (κ1) is 42.5. The quantitative estimate of drug-likeness (QED) is 0.0986. The molecule has 3 N–H and O–H groups in total. The van der Waals surface area contributed by atoms with Gasteiger partial charge in [-0.05, 0) is 74.5 Å². The van der Waals surface area contributed by atoms with E-state index >= 15 is 0 Å². The van der Waals surface area contributed by atoms with Crippen molar-refractivity contribution in [2.75, 3.05) is 62.6 Å². The number of anilines is 2. The van der Waals surface area contributed by atoms with Crippen LogP contribution in [-0.2, 0) is 26.7 Å². The number of nitrogens with one attached hydrogen (secondary N) is 1. The van der Waals surface area contributed by atoms with Gasteiger partial charge in [0.05, 0.1) is 28.4 Å². The van der Waals surface area contributed by atoms with Crippen LogP contribution in [0.2, 0.25) is 0 Å². The van der Waals surface area contributed by atoms with Gasteiger partial charge in [0.15, 0.2) is 11.6 Å². The van der Waals surface area contributed by atoms with E-state index in [1.165, 1.54) is 22.0 Å². The maximum absolute atomic E-state index is 14.0. The lowest BCUT2D eigenvalue weighted by Gasteiger charge is -2.32. The van der Waals surface area contributed by atoms with Gasteiger partial charge in [-0.1, -0.05) is 6.07 Å². The second-order valence-corrected chi connectivity index (χ2v) is 16.2. The van der Waals surface area contributed by atoms with E-state index in [4.69, 9.17) is 15.6 Å². The molecule has 15 nitrogen and oxygen atoms in total. The number of hydrogen-bond acceptors (Lipinski definition) is 12. The van der Waals surface area contributed by atoms with E-state index < -0.39 is 29.0 Å². The topological polar surface area (TPSA) is 178 Å². The van der Waals surface area contributed by atoms with Crippen molar-refractivity contribution in [2.45, 2.75) is 68.4 Å². The highest BCUT2D eigenvalue weighted by atomic mass is 32.2. The third-order valence-electron chi connectivity index (χ3n) is 10.5. The van der Waals surface area contributed by atoms with Gasteiger partial charge in [0.2, 0.25) is 21.9 Å². The molecule has 1 amide bonds. The number of amides is 1. The molecule has 20 heteroatoms. The first-order valence-electron chi connectivity index (χ1n) is 19.1. The number of rotatable bonds is 19. The maximum atomic E-state index is 14.0. The molecule has 0 radical (unpaired) electrons. The van der Waals surface area contributed by atoms with Crippen molar-refractivity contribution in [1.82, 2.24) is 29.0 Å². The summed E-state index contributed by atoms with van der Waals surface area (Å²) in [5.74, 6) is 0.366. The van der Waals surface area contributed by atoms with Crippen molar-refractivity contribution in [3.05, 3.63) is 59.9 Å². The number of primary amides is 1. The summed E-state index contributed by atoms with van der Waals surface area (Å²) in [5.41, 5.74) is 7.09. The van der Waals surface area contributed by atoms with E-state index in [1.54, 1.807) is 4.68 Å². The van der Waals surface area contributed by atoms with E-state index in [0.29, 0.717) is 44.7 Å². The molecule has 2 aliphatic heterocycles. The second-order valence-electron chi connectivity index (χ2n) is 14.3. The van der Waals surface area contributed by atoms with Gasteiger partial charge in [0, 0.05) is 70.1 Å². The number of benzene rings is 2. The fourth-order valence-corrected chi connectivity index (χ4v) is 8.89. The Bertz CT molecular complexity index is 2130. The second kappa shape index (κ2) is 19.1. The number of carbonyl (C=O) groups is 2. The molecule has 2 saturated heterocycles. The third kappa shape index (κ3) is 10.5. The van der Waals surface area contributed by atoms with Crippen LogP contribution in [0.1, 0.15) is 62.0 Å². The number of aldehydes is 1. The van der Waals surface area contributed by atoms with E-state index in [2.05, 4.69) is 37.1 Å². The zero-order valence-electron chi connectivity index (χ0n) is 32.0. The number of aromatic nitrogens is 4. The number of nitrogens with two attached hydrogens (primary N) is 1. The molecule has 4 aromatic rings. The van der Waals surface area contributed by atoms with Crippen LogP contribution < -0.4 is 25.4 Å². The third-order valence-corrected chi connectivity index (χ3v) is 12.4. The molecular formula is C38H47F4N9O6S. The number of sulfonamides is 1. The highest BCUT2D eigenvalue weighted by molar-refractivity contribution is 7.89. The summed E-state index contributed by atoms with van der Waals surface area (Å²) >= 11 is 0. The molecule has 6 rings (SSSR count). The fourth-order valence-electron chi connectivity index (χ4n) is 7.40. The number of ether oxygens (including phenoxy) is 2. The molecule has 58 heavy (non-hydrogen) atoms. The number of carbonyl (C=O) groups excluding carboxylic acids is 2. The molecule has 0 atom stereocenters. The SMILES string of the molecule is Cn1nc(N(CCC=O)CCC(N)=O)c2ccc(C3CCN(CCOc4cc(S(=O)(=O)N5CCC(Nc6ncc(OC(F)F)cn6)CC5)ccc4C(F)F)CC3)cc21. The van der Waals surface area contributed by atoms with Crippen molar-refractivity contribution in [1.29, 1.82) is 0 Å². The molecule has 0 unspecified atom stereocenters. The number of fused-ring (bicyclic) bond motifs is 1. The minimum absolute atomic E-state index is 0.0857. The van der Waals surface area contributed by atoms with Gasteiger partial charge >= 0.3 is 6.61 Å². The van der Waals surface area contributed by atoms with Crippen LogP contribution >= 0.6 is 0 Å². The first-order valence-corrected chi connectivity index (χ1v) is 20.5. The zero-order valence-corrected chi connectivity index (χ0v) is 32.8. The number of alkyl halides is 4. The van der Waals surface area contributed by atoms with Gasteiger partial charge in [-0.25, -0.2) is 27.2 Å². The molecule has 314 valence electrons. The van der Waals surface area contributed by atoms with Crippen molar-refractivity contribution >= 4 is 44.9 Å². The summed E-state index contributed by atoms with van der Waals surface area (Å²) in [7, 11) is -2.18. The van der Waals surface area contributed by atoms with Crippen molar-refractivity contribution in [3.8, 4) is 11.5 Å². The highest BCUT2D eigenvalue weighted by Crippen LogP contribution is 2.35. The average Bonchev–Trinajstić information content (AvgIpc) is 3.53. The molecule has 0 spiro atoms. The first-order chi connectivity index (χ1) is 27.8. The largest absolute Gasteiger partial charge is 0.492 e.